The van der Waals surface area contributed by atoms with Gasteiger partial charge in [0.05, 0.1) is 21.8 Å². The largest absolute Gasteiger partial charge is 0.480 e. The summed E-state index contributed by atoms with van der Waals surface area (Å²) in [6, 6.07) is 4.22. The Morgan fingerprint density at radius 2 is 2.10 bits per heavy atom. The normalized spacial score (nSPS) is 22.1. The van der Waals surface area contributed by atoms with Crippen molar-refractivity contribution in [3.63, 3.8) is 0 Å². The monoisotopic (exact) mass is 333 g/mol. The fourth-order valence-corrected chi connectivity index (χ4v) is 3.64. The number of amides is 1. The number of benzene rings is 1. The highest BCUT2D eigenvalue weighted by atomic mass is 35.5. The molecule has 1 aromatic carbocycles. The zero-order chi connectivity index (χ0) is 14.9. The lowest BCUT2D eigenvalue weighted by Gasteiger charge is -2.25. The van der Waals surface area contributed by atoms with Crippen molar-refractivity contribution in [3.8, 4) is 0 Å². The van der Waals surface area contributed by atoms with Crippen LogP contribution in [-0.2, 0) is 16.0 Å². The first kappa shape index (κ1) is 15.5. The Balaban J connectivity index is 2.14. The molecule has 0 aromatic heterocycles. The Bertz CT molecular complexity index is 552. The summed E-state index contributed by atoms with van der Waals surface area (Å²) < 4.78 is 0. The van der Waals surface area contributed by atoms with Crippen LogP contribution in [0.2, 0.25) is 10.0 Å². The molecule has 0 aliphatic carbocycles. The molecule has 1 amide bonds. The number of carbonyl (C=O) groups is 2. The van der Waals surface area contributed by atoms with Crippen molar-refractivity contribution in [1.82, 2.24) is 4.90 Å². The molecule has 4 nitrogen and oxygen atoms in total. The van der Waals surface area contributed by atoms with Gasteiger partial charge in [-0.2, -0.15) is 0 Å². The zero-order valence-corrected chi connectivity index (χ0v) is 13.0. The number of nitrogens with zero attached hydrogens (tertiary/aromatic N) is 1. The summed E-state index contributed by atoms with van der Waals surface area (Å²) in [4.78, 5) is 24.9. The quantitative estimate of drug-likeness (QED) is 0.923. The third kappa shape index (κ3) is 3.22. The Morgan fingerprint density at radius 3 is 2.70 bits per heavy atom. The first-order chi connectivity index (χ1) is 9.40. The van der Waals surface area contributed by atoms with E-state index in [0.717, 1.165) is 5.56 Å². The molecule has 2 atom stereocenters. The molecule has 1 aliphatic heterocycles. The van der Waals surface area contributed by atoms with E-state index in [-0.39, 0.29) is 17.7 Å². The van der Waals surface area contributed by atoms with Gasteiger partial charge in [-0.3, -0.25) is 4.79 Å². The van der Waals surface area contributed by atoms with E-state index in [9.17, 15) is 9.59 Å². The number of thioether (sulfide) groups is 1. The molecule has 7 heteroatoms. The van der Waals surface area contributed by atoms with Crippen molar-refractivity contribution in [3.05, 3.63) is 33.8 Å². The lowest BCUT2D eigenvalue weighted by atomic mass is 10.1. The molecule has 0 spiro atoms. The predicted molar refractivity (Wildman–Crippen MR) is 80.4 cm³/mol. The molecular weight excluding hydrogens is 321 g/mol. The summed E-state index contributed by atoms with van der Waals surface area (Å²) in [5.41, 5.74) is 0.720. The minimum absolute atomic E-state index is 0.117. The minimum Gasteiger partial charge on any atom is -0.480 e. The summed E-state index contributed by atoms with van der Waals surface area (Å²) >= 11 is 13.2. The molecule has 1 aromatic rings. The Hall–Kier alpha value is -0.910. The average Bonchev–Trinajstić information content (AvgIpc) is 2.76. The summed E-state index contributed by atoms with van der Waals surface area (Å²) in [5, 5.41) is 9.83. The van der Waals surface area contributed by atoms with Crippen LogP contribution in [0, 0.1) is 0 Å². The van der Waals surface area contributed by atoms with Crippen LogP contribution in [0.4, 0.5) is 0 Å². The third-order valence-corrected chi connectivity index (χ3v) is 5.09. The first-order valence-electron chi connectivity index (χ1n) is 5.99. The first-order valence-corrected chi connectivity index (χ1v) is 7.80. The van der Waals surface area contributed by atoms with Gasteiger partial charge < -0.3 is 10.0 Å². The highest BCUT2D eigenvalue weighted by Crippen LogP contribution is 2.30. The van der Waals surface area contributed by atoms with Crippen LogP contribution in [0.1, 0.15) is 12.5 Å². The molecule has 20 heavy (non-hydrogen) atoms. The zero-order valence-electron chi connectivity index (χ0n) is 10.7. The fourth-order valence-electron chi connectivity index (χ4n) is 2.13. The molecule has 1 fully saturated rings. The Morgan fingerprint density at radius 1 is 1.40 bits per heavy atom. The van der Waals surface area contributed by atoms with Crippen LogP contribution in [0.25, 0.3) is 0 Å². The molecular formula is C13H13Cl2NO3S. The standard InChI is InChI=1S/C13H13Cl2NO3S/c1-7-16(11(6-20-7)13(18)19)12(17)5-8-2-3-9(14)10(15)4-8/h2-4,7,11H,5-6H2,1H3,(H,18,19). The second-order valence-corrected chi connectivity index (χ2v) is 6.68. The van der Waals surface area contributed by atoms with Gasteiger partial charge in [-0.05, 0) is 24.6 Å². The topological polar surface area (TPSA) is 57.6 Å². The molecule has 0 saturated carbocycles. The number of rotatable bonds is 3. The molecule has 1 heterocycles. The number of aliphatic carboxylic acids is 1. The molecule has 0 radical (unpaired) electrons. The van der Waals surface area contributed by atoms with Gasteiger partial charge in [-0.1, -0.05) is 29.3 Å². The van der Waals surface area contributed by atoms with Gasteiger partial charge in [0, 0.05) is 5.75 Å². The number of halogens is 2. The van der Waals surface area contributed by atoms with E-state index in [2.05, 4.69) is 0 Å². The third-order valence-electron chi connectivity index (χ3n) is 3.14. The average molecular weight is 334 g/mol. The smallest absolute Gasteiger partial charge is 0.327 e. The second kappa shape index (κ2) is 6.24. The van der Waals surface area contributed by atoms with Crippen LogP contribution in [0.5, 0.6) is 0 Å². The van der Waals surface area contributed by atoms with Gasteiger partial charge in [0.1, 0.15) is 6.04 Å². The van der Waals surface area contributed by atoms with Gasteiger partial charge >= 0.3 is 5.97 Å². The maximum atomic E-state index is 12.3. The van der Waals surface area contributed by atoms with E-state index in [1.807, 2.05) is 6.92 Å². The van der Waals surface area contributed by atoms with Crippen LogP contribution >= 0.6 is 35.0 Å². The molecule has 2 rings (SSSR count). The number of carbonyl (C=O) groups excluding carboxylic acids is 1. The molecule has 2 unspecified atom stereocenters. The van der Waals surface area contributed by atoms with E-state index in [1.54, 1.807) is 18.2 Å². The molecule has 1 N–H and O–H groups in total. The highest BCUT2D eigenvalue weighted by molar-refractivity contribution is 8.00. The van der Waals surface area contributed by atoms with Crippen molar-refractivity contribution in [2.45, 2.75) is 24.8 Å². The maximum Gasteiger partial charge on any atom is 0.327 e. The van der Waals surface area contributed by atoms with E-state index >= 15 is 0 Å². The van der Waals surface area contributed by atoms with Gasteiger partial charge in [-0.25, -0.2) is 4.79 Å². The number of carboxylic acids is 1. The van der Waals surface area contributed by atoms with E-state index in [1.165, 1.54) is 16.7 Å². The summed E-state index contributed by atoms with van der Waals surface area (Å²) in [6.45, 7) is 1.83. The Kier molecular flexibility index (Phi) is 4.83. The SMILES string of the molecule is CC1SCC(C(=O)O)N1C(=O)Cc1ccc(Cl)c(Cl)c1. The van der Waals surface area contributed by atoms with Gasteiger partial charge in [0.25, 0.3) is 0 Å². The van der Waals surface area contributed by atoms with Crippen LogP contribution in [-0.4, -0.2) is 39.1 Å². The lowest BCUT2D eigenvalue weighted by Crippen LogP contribution is -2.45. The molecule has 0 bridgehead atoms. The predicted octanol–water partition coefficient (Wildman–Crippen LogP) is 2.91. The lowest BCUT2D eigenvalue weighted by molar-refractivity contribution is -0.148. The highest BCUT2D eigenvalue weighted by Gasteiger charge is 2.39. The number of carboxylic acid groups (broad SMARTS) is 1. The van der Waals surface area contributed by atoms with Gasteiger partial charge in [0.15, 0.2) is 0 Å². The van der Waals surface area contributed by atoms with Crippen LogP contribution in [0.3, 0.4) is 0 Å². The van der Waals surface area contributed by atoms with Crippen molar-refractivity contribution < 1.29 is 14.7 Å². The van der Waals surface area contributed by atoms with Crippen molar-refractivity contribution in [1.29, 1.82) is 0 Å². The number of hydrogen-bond acceptors (Lipinski definition) is 3. The maximum absolute atomic E-state index is 12.3. The van der Waals surface area contributed by atoms with Crippen LogP contribution < -0.4 is 0 Å². The minimum atomic E-state index is -0.968. The fraction of sp³-hybridized carbons (Fsp3) is 0.385. The van der Waals surface area contributed by atoms with Gasteiger partial charge in [0.2, 0.25) is 5.91 Å². The van der Waals surface area contributed by atoms with Crippen molar-refractivity contribution in [2.24, 2.45) is 0 Å². The summed E-state index contributed by atoms with van der Waals surface area (Å²) in [7, 11) is 0. The molecule has 1 saturated heterocycles. The van der Waals surface area contributed by atoms with E-state index < -0.39 is 12.0 Å². The summed E-state index contributed by atoms with van der Waals surface area (Å²) in [6.07, 6.45) is 0.117. The second-order valence-electron chi connectivity index (χ2n) is 4.51. The van der Waals surface area contributed by atoms with Crippen molar-refractivity contribution >= 4 is 46.8 Å². The summed E-state index contributed by atoms with van der Waals surface area (Å²) in [5.74, 6) is -0.763. The van der Waals surface area contributed by atoms with E-state index in [4.69, 9.17) is 28.3 Å². The van der Waals surface area contributed by atoms with Crippen molar-refractivity contribution in [2.75, 3.05) is 5.75 Å². The van der Waals surface area contributed by atoms with Gasteiger partial charge in [-0.15, -0.1) is 11.8 Å². The molecule has 108 valence electrons. The molecule has 1 aliphatic rings. The Labute approximate surface area is 131 Å². The van der Waals surface area contributed by atoms with E-state index in [0.29, 0.717) is 15.8 Å². The number of hydrogen-bond donors (Lipinski definition) is 1. The van der Waals surface area contributed by atoms with Crippen LogP contribution in [0.15, 0.2) is 18.2 Å².